The Labute approximate surface area is 184 Å². The van der Waals surface area contributed by atoms with E-state index in [1.165, 1.54) is 12.0 Å². The third kappa shape index (κ3) is 6.77. The second-order valence-corrected chi connectivity index (χ2v) is 7.27. The van der Waals surface area contributed by atoms with Gasteiger partial charge < -0.3 is 15.7 Å². The highest BCUT2D eigenvalue weighted by molar-refractivity contribution is 14.0. The van der Waals surface area contributed by atoms with Crippen LogP contribution in [0.5, 0.6) is 0 Å². The van der Waals surface area contributed by atoms with Crippen LogP contribution in [0.3, 0.4) is 0 Å². The molecule has 0 amide bonds. The zero-order valence-electron chi connectivity index (χ0n) is 16.6. The lowest BCUT2D eigenvalue weighted by Crippen LogP contribution is -2.41. The van der Waals surface area contributed by atoms with Gasteiger partial charge in [0.2, 0.25) is 0 Å². The lowest BCUT2D eigenvalue weighted by Gasteiger charge is -2.30. The average Bonchev–Trinajstić information content (AvgIpc) is 3.22. The van der Waals surface area contributed by atoms with Crippen molar-refractivity contribution >= 4 is 29.9 Å². The summed E-state index contributed by atoms with van der Waals surface area (Å²) in [7, 11) is 0. The summed E-state index contributed by atoms with van der Waals surface area (Å²) in [5.74, 6) is 0.782. The van der Waals surface area contributed by atoms with E-state index in [2.05, 4.69) is 51.9 Å². The van der Waals surface area contributed by atoms with Crippen LogP contribution in [-0.4, -0.2) is 46.1 Å². The summed E-state index contributed by atoms with van der Waals surface area (Å²) >= 11 is 0. The molecule has 0 atom stereocenters. The lowest BCUT2D eigenvalue weighted by molar-refractivity contribution is 0.0131. The second-order valence-electron chi connectivity index (χ2n) is 7.27. The first-order chi connectivity index (χ1) is 13.2. The van der Waals surface area contributed by atoms with Gasteiger partial charge in [-0.2, -0.15) is 5.10 Å². The third-order valence-electron chi connectivity index (χ3n) is 5.07. The minimum atomic E-state index is -0.622. The van der Waals surface area contributed by atoms with E-state index in [-0.39, 0.29) is 24.0 Å². The Hall–Kier alpha value is -1.61. The highest BCUT2D eigenvalue weighted by atomic mass is 127. The fourth-order valence-corrected chi connectivity index (χ4v) is 3.50. The molecule has 1 saturated carbocycles. The van der Waals surface area contributed by atoms with Crippen LogP contribution in [-0.2, 0) is 6.42 Å². The fourth-order valence-electron chi connectivity index (χ4n) is 3.50. The van der Waals surface area contributed by atoms with Gasteiger partial charge in [-0.1, -0.05) is 31.4 Å². The topological polar surface area (TPSA) is 74.5 Å². The predicted molar refractivity (Wildman–Crippen MR) is 125 cm³/mol. The summed E-state index contributed by atoms with van der Waals surface area (Å²) < 4.78 is 1.86. The Bertz CT molecular complexity index is 709. The summed E-state index contributed by atoms with van der Waals surface area (Å²) in [6.07, 6.45) is 9.78. The molecule has 1 fully saturated rings. The van der Waals surface area contributed by atoms with Crippen LogP contribution in [0.4, 0.5) is 0 Å². The molecule has 154 valence electrons. The van der Waals surface area contributed by atoms with Crippen molar-refractivity contribution in [3.05, 3.63) is 48.3 Å². The number of aliphatic hydroxyl groups is 1. The maximum absolute atomic E-state index is 10.6. The van der Waals surface area contributed by atoms with Crippen molar-refractivity contribution in [1.82, 2.24) is 20.4 Å². The van der Waals surface area contributed by atoms with E-state index in [1.54, 1.807) is 6.20 Å². The van der Waals surface area contributed by atoms with E-state index >= 15 is 0 Å². The van der Waals surface area contributed by atoms with Crippen molar-refractivity contribution in [1.29, 1.82) is 0 Å². The molecule has 28 heavy (non-hydrogen) atoms. The summed E-state index contributed by atoms with van der Waals surface area (Å²) in [5, 5.41) is 21.5. The van der Waals surface area contributed by atoms with Gasteiger partial charge in [-0.25, -0.2) is 4.68 Å². The van der Waals surface area contributed by atoms with Gasteiger partial charge in [0.1, 0.15) is 0 Å². The van der Waals surface area contributed by atoms with Crippen molar-refractivity contribution in [2.45, 2.75) is 51.0 Å². The maximum atomic E-state index is 10.6. The first kappa shape index (κ1) is 22.7. The van der Waals surface area contributed by atoms with E-state index in [4.69, 9.17) is 0 Å². The van der Waals surface area contributed by atoms with Crippen LogP contribution in [0, 0.1) is 0 Å². The van der Waals surface area contributed by atoms with Gasteiger partial charge in [0, 0.05) is 25.5 Å². The normalized spacial score (nSPS) is 16.3. The Kier molecular flexibility index (Phi) is 9.24. The summed E-state index contributed by atoms with van der Waals surface area (Å²) in [5.41, 5.74) is 1.70. The molecular weight excluding hydrogens is 465 g/mol. The molecule has 7 heteroatoms. The van der Waals surface area contributed by atoms with Gasteiger partial charge >= 0.3 is 0 Å². The molecule has 2 aromatic rings. The van der Waals surface area contributed by atoms with Crippen LogP contribution in [0.2, 0.25) is 0 Å². The second kappa shape index (κ2) is 11.4. The first-order valence-electron chi connectivity index (χ1n) is 10.0. The Morgan fingerprint density at radius 3 is 2.57 bits per heavy atom. The number of nitrogens with zero attached hydrogens (tertiary/aromatic N) is 3. The molecule has 0 saturated heterocycles. The SMILES string of the molecule is CCNC(=NCC1(O)CCCCC1)NCCc1ccc(-n2cccn2)cc1.I. The van der Waals surface area contributed by atoms with Crippen molar-refractivity contribution in [3.63, 3.8) is 0 Å². The van der Waals surface area contributed by atoms with Crippen LogP contribution in [0.1, 0.15) is 44.6 Å². The summed E-state index contributed by atoms with van der Waals surface area (Å²) in [4.78, 5) is 4.62. The van der Waals surface area contributed by atoms with Gasteiger partial charge in [0.15, 0.2) is 5.96 Å². The molecule has 0 aliphatic heterocycles. The molecular formula is C21H32IN5O. The van der Waals surface area contributed by atoms with Crippen LogP contribution in [0.15, 0.2) is 47.7 Å². The molecule has 0 bridgehead atoms. The monoisotopic (exact) mass is 497 g/mol. The number of rotatable bonds is 7. The predicted octanol–water partition coefficient (Wildman–Crippen LogP) is 3.28. The number of aromatic nitrogens is 2. The molecule has 6 nitrogen and oxygen atoms in total. The maximum Gasteiger partial charge on any atom is 0.191 e. The Balaban J connectivity index is 0.00000280. The Morgan fingerprint density at radius 2 is 1.93 bits per heavy atom. The number of hydrogen-bond donors (Lipinski definition) is 3. The highest BCUT2D eigenvalue weighted by Crippen LogP contribution is 2.28. The van der Waals surface area contributed by atoms with Gasteiger partial charge in [-0.3, -0.25) is 4.99 Å². The zero-order valence-corrected chi connectivity index (χ0v) is 18.9. The van der Waals surface area contributed by atoms with Crippen molar-refractivity contribution in [2.75, 3.05) is 19.6 Å². The molecule has 1 heterocycles. The van der Waals surface area contributed by atoms with Gasteiger partial charge in [0.25, 0.3) is 0 Å². The van der Waals surface area contributed by atoms with Crippen LogP contribution >= 0.6 is 24.0 Å². The van der Waals surface area contributed by atoms with Gasteiger partial charge in [-0.05, 0) is 49.9 Å². The standard InChI is InChI=1S/C21H31N5O.HI/c1-2-22-20(24-17-21(27)12-4-3-5-13-21)23-15-11-18-7-9-19(10-8-18)26-16-6-14-25-26;/h6-10,14,16,27H,2-5,11-13,15,17H2,1H3,(H2,22,23,24);1H. The zero-order chi connectivity index (χ0) is 19.0. The van der Waals surface area contributed by atoms with E-state index in [9.17, 15) is 5.11 Å². The number of hydrogen-bond acceptors (Lipinski definition) is 3. The lowest BCUT2D eigenvalue weighted by atomic mass is 9.85. The molecule has 0 radical (unpaired) electrons. The molecule has 3 N–H and O–H groups in total. The summed E-state index contributed by atoms with van der Waals surface area (Å²) in [6.45, 7) is 4.13. The number of guanidine groups is 1. The van der Waals surface area contributed by atoms with Crippen LogP contribution < -0.4 is 10.6 Å². The molecule has 0 spiro atoms. The number of benzene rings is 1. The number of halogens is 1. The largest absolute Gasteiger partial charge is 0.388 e. The van der Waals surface area contributed by atoms with Crippen molar-refractivity contribution < 1.29 is 5.11 Å². The quantitative estimate of drug-likeness (QED) is 0.312. The fraction of sp³-hybridized carbons (Fsp3) is 0.524. The molecule has 1 aromatic carbocycles. The summed E-state index contributed by atoms with van der Waals surface area (Å²) in [6, 6.07) is 10.4. The third-order valence-corrected chi connectivity index (χ3v) is 5.07. The van der Waals surface area contributed by atoms with Gasteiger partial charge in [0.05, 0.1) is 17.8 Å². The minimum Gasteiger partial charge on any atom is -0.388 e. The van der Waals surface area contributed by atoms with Crippen molar-refractivity contribution in [2.24, 2.45) is 4.99 Å². The molecule has 0 unspecified atom stereocenters. The highest BCUT2D eigenvalue weighted by Gasteiger charge is 2.28. The average molecular weight is 497 g/mol. The smallest absolute Gasteiger partial charge is 0.191 e. The minimum absolute atomic E-state index is 0. The molecule has 3 rings (SSSR count). The van der Waals surface area contributed by atoms with Gasteiger partial charge in [-0.15, -0.1) is 24.0 Å². The number of nitrogens with one attached hydrogen (secondary N) is 2. The van der Waals surface area contributed by atoms with E-state index in [0.717, 1.165) is 56.8 Å². The van der Waals surface area contributed by atoms with Crippen LogP contribution in [0.25, 0.3) is 5.69 Å². The molecule has 1 aliphatic rings. The first-order valence-corrected chi connectivity index (χ1v) is 10.0. The molecule has 1 aromatic heterocycles. The number of aliphatic imine (C=N–C) groups is 1. The Morgan fingerprint density at radius 1 is 1.18 bits per heavy atom. The molecule has 1 aliphatic carbocycles. The van der Waals surface area contributed by atoms with E-state index < -0.39 is 5.60 Å². The van der Waals surface area contributed by atoms with E-state index in [0.29, 0.717) is 6.54 Å². The van der Waals surface area contributed by atoms with Crippen molar-refractivity contribution in [3.8, 4) is 5.69 Å². The van der Waals surface area contributed by atoms with E-state index in [1.807, 2.05) is 16.9 Å².